The predicted molar refractivity (Wildman–Crippen MR) is 81.3 cm³/mol. The van der Waals surface area contributed by atoms with Gasteiger partial charge in [0, 0.05) is 16.7 Å². The third-order valence-corrected chi connectivity index (χ3v) is 6.44. The molecule has 21 heavy (non-hydrogen) atoms. The summed E-state index contributed by atoms with van der Waals surface area (Å²) in [6, 6.07) is 5.00. The molecule has 8 heteroatoms. The molecule has 2 rings (SSSR count). The van der Waals surface area contributed by atoms with E-state index in [9.17, 15) is 16.8 Å². The van der Waals surface area contributed by atoms with Gasteiger partial charge in [-0.05, 0) is 31.0 Å². The quantitative estimate of drug-likeness (QED) is 0.668. The number of benzene rings is 1. The minimum Gasteiger partial charge on any atom is -0.208 e. The summed E-state index contributed by atoms with van der Waals surface area (Å²) < 4.78 is 49.9. The number of sulfonamides is 1. The fourth-order valence-corrected chi connectivity index (χ4v) is 4.70. The van der Waals surface area contributed by atoms with Crippen LogP contribution in [0.15, 0.2) is 34.1 Å². The summed E-state index contributed by atoms with van der Waals surface area (Å²) in [7, 11) is -2.43. The smallest absolute Gasteiger partial charge is 0.208 e. The molecular formula is C13H18ClNO4S2. The van der Waals surface area contributed by atoms with Crippen LogP contribution in [0.4, 0.5) is 0 Å². The summed E-state index contributed by atoms with van der Waals surface area (Å²) in [5.41, 5.74) is 0. The van der Waals surface area contributed by atoms with E-state index in [0.29, 0.717) is 0 Å². The zero-order valence-corrected chi connectivity index (χ0v) is 13.8. The molecule has 1 N–H and O–H groups in total. The predicted octanol–water partition coefficient (Wildman–Crippen LogP) is 2.62. The van der Waals surface area contributed by atoms with Crippen molar-refractivity contribution in [1.82, 2.24) is 4.72 Å². The highest BCUT2D eigenvalue weighted by Gasteiger charge is 2.22. The Morgan fingerprint density at radius 2 is 1.52 bits per heavy atom. The second kappa shape index (κ2) is 6.64. The fraction of sp³-hybridized carbons (Fsp3) is 0.538. The van der Waals surface area contributed by atoms with E-state index >= 15 is 0 Å². The zero-order chi connectivity index (χ0) is 15.5. The topological polar surface area (TPSA) is 80.3 Å². The van der Waals surface area contributed by atoms with Gasteiger partial charge in [0.05, 0.1) is 9.79 Å². The van der Waals surface area contributed by atoms with Crippen molar-refractivity contribution in [2.75, 3.05) is 0 Å². The maximum Gasteiger partial charge on any atom is 0.261 e. The van der Waals surface area contributed by atoms with Gasteiger partial charge in [0.1, 0.15) is 0 Å². The van der Waals surface area contributed by atoms with Gasteiger partial charge in [0.15, 0.2) is 0 Å². The average Bonchev–Trinajstić information content (AvgIpc) is 2.66. The number of nitrogens with one attached hydrogen (secondary N) is 1. The summed E-state index contributed by atoms with van der Waals surface area (Å²) in [4.78, 5) is -0.290. The van der Waals surface area contributed by atoms with Crippen molar-refractivity contribution in [2.24, 2.45) is 0 Å². The summed E-state index contributed by atoms with van der Waals surface area (Å²) in [5, 5.41) is 0. The fourth-order valence-electron chi connectivity index (χ4n) is 2.48. The normalized spacial score (nSPS) is 18.3. The van der Waals surface area contributed by atoms with E-state index in [1.807, 2.05) is 0 Å². The standard InChI is InChI=1S/C13H18ClNO4S2/c14-20(16,17)12-8-5-9-13(10-12)21(18,19)15-11-6-3-1-2-4-7-11/h5,8-11,15H,1-4,6-7H2. The molecule has 0 bridgehead atoms. The molecular weight excluding hydrogens is 334 g/mol. The van der Waals surface area contributed by atoms with Crippen LogP contribution in [0.2, 0.25) is 0 Å². The van der Waals surface area contributed by atoms with Crippen molar-refractivity contribution >= 4 is 29.8 Å². The van der Waals surface area contributed by atoms with Gasteiger partial charge >= 0.3 is 0 Å². The van der Waals surface area contributed by atoms with Crippen LogP contribution < -0.4 is 4.72 Å². The van der Waals surface area contributed by atoms with Crippen LogP contribution in [0.3, 0.4) is 0 Å². The first-order valence-corrected chi connectivity index (χ1v) is 10.7. The van der Waals surface area contributed by atoms with Crippen LogP contribution in [-0.4, -0.2) is 22.9 Å². The molecule has 118 valence electrons. The first-order valence-electron chi connectivity index (χ1n) is 6.86. The van der Waals surface area contributed by atoms with E-state index in [2.05, 4.69) is 4.72 Å². The minimum atomic E-state index is -3.94. The molecule has 0 unspecified atom stereocenters. The van der Waals surface area contributed by atoms with Crippen LogP contribution >= 0.6 is 10.7 Å². The summed E-state index contributed by atoms with van der Waals surface area (Å²) in [5.74, 6) is 0. The number of rotatable bonds is 4. The number of hydrogen-bond acceptors (Lipinski definition) is 4. The third kappa shape index (κ3) is 4.67. The molecule has 1 aliphatic rings. The molecule has 0 radical (unpaired) electrons. The number of halogens is 1. The van der Waals surface area contributed by atoms with Crippen molar-refractivity contribution in [2.45, 2.75) is 54.4 Å². The Bertz CT molecular complexity index is 693. The molecule has 0 saturated heterocycles. The van der Waals surface area contributed by atoms with Crippen LogP contribution in [0.25, 0.3) is 0 Å². The minimum absolute atomic E-state index is 0.0755. The van der Waals surface area contributed by atoms with Crippen molar-refractivity contribution < 1.29 is 16.8 Å². The first kappa shape index (κ1) is 16.7. The van der Waals surface area contributed by atoms with Crippen molar-refractivity contribution in [3.63, 3.8) is 0 Å². The van der Waals surface area contributed by atoms with Crippen LogP contribution in [0.1, 0.15) is 38.5 Å². The van der Waals surface area contributed by atoms with Crippen LogP contribution in [-0.2, 0) is 19.1 Å². The maximum atomic E-state index is 12.3. The van der Waals surface area contributed by atoms with Gasteiger partial charge in [-0.1, -0.05) is 31.7 Å². The van der Waals surface area contributed by atoms with E-state index < -0.39 is 19.1 Å². The Labute approximate surface area is 130 Å². The van der Waals surface area contributed by atoms with E-state index in [1.54, 1.807) is 0 Å². The first-order chi connectivity index (χ1) is 9.79. The Hall–Kier alpha value is -0.630. The van der Waals surface area contributed by atoms with Gasteiger partial charge in [-0.2, -0.15) is 0 Å². The second-order valence-corrected chi connectivity index (χ2v) is 9.50. The van der Waals surface area contributed by atoms with Gasteiger partial charge in [-0.25, -0.2) is 21.6 Å². The van der Waals surface area contributed by atoms with Crippen molar-refractivity contribution in [3.8, 4) is 0 Å². The molecule has 1 saturated carbocycles. The largest absolute Gasteiger partial charge is 0.261 e. The van der Waals surface area contributed by atoms with Crippen LogP contribution in [0.5, 0.6) is 0 Å². The highest BCUT2D eigenvalue weighted by molar-refractivity contribution is 8.13. The molecule has 5 nitrogen and oxygen atoms in total. The molecule has 1 fully saturated rings. The molecule has 0 aliphatic heterocycles. The molecule has 0 atom stereocenters. The number of hydrogen-bond donors (Lipinski definition) is 1. The Kier molecular flexibility index (Phi) is 5.29. The molecule has 1 aromatic rings. The third-order valence-electron chi connectivity index (χ3n) is 3.57. The lowest BCUT2D eigenvalue weighted by Crippen LogP contribution is -2.34. The van der Waals surface area contributed by atoms with E-state index in [1.165, 1.54) is 18.2 Å². The SMILES string of the molecule is O=S(=O)(Cl)c1cccc(S(=O)(=O)NC2CCCCCC2)c1. The van der Waals surface area contributed by atoms with E-state index in [4.69, 9.17) is 10.7 Å². The van der Waals surface area contributed by atoms with Gasteiger partial charge in [0.2, 0.25) is 10.0 Å². The maximum absolute atomic E-state index is 12.3. The summed E-state index contributed by atoms with van der Waals surface area (Å²) in [6.45, 7) is 0. The van der Waals surface area contributed by atoms with Crippen molar-refractivity contribution in [1.29, 1.82) is 0 Å². The van der Waals surface area contributed by atoms with Crippen molar-refractivity contribution in [3.05, 3.63) is 24.3 Å². The average molecular weight is 352 g/mol. The molecule has 1 aromatic carbocycles. The van der Waals surface area contributed by atoms with E-state index in [-0.39, 0.29) is 15.8 Å². The zero-order valence-electron chi connectivity index (χ0n) is 11.5. The van der Waals surface area contributed by atoms with Crippen LogP contribution in [0, 0.1) is 0 Å². The Balaban J connectivity index is 2.23. The lowest BCUT2D eigenvalue weighted by molar-refractivity contribution is 0.510. The van der Waals surface area contributed by atoms with Gasteiger partial charge in [0.25, 0.3) is 9.05 Å². The van der Waals surface area contributed by atoms with Gasteiger partial charge < -0.3 is 0 Å². The van der Waals surface area contributed by atoms with E-state index in [0.717, 1.165) is 44.6 Å². The summed E-state index contributed by atoms with van der Waals surface area (Å²) in [6.07, 6.45) is 5.88. The Morgan fingerprint density at radius 1 is 0.952 bits per heavy atom. The van der Waals surface area contributed by atoms with Gasteiger partial charge in [-0.3, -0.25) is 0 Å². The monoisotopic (exact) mass is 351 g/mol. The molecule has 1 aliphatic carbocycles. The van der Waals surface area contributed by atoms with Gasteiger partial charge in [-0.15, -0.1) is 0 Å². The Morgan fingerprint density at radius 3 is 2.10 bits per heavy atom. The lowest BCUT2D eigenvalue weighted by Gasteiger charge is -2.16. The highest BCUT2D eigenvalue weighted by Crippen LogP contribution is 2.22. The second-order valence-electron chi connectivity index (χ2n) is 5.22. The molecule has 0 heterocycles. The summed E-state index contributed by atoms with van der Waals surface area (Å²) >= 11 is 0. The lowest BCUT2D eigenvalue weighted by atomic mass is 10.1. The molecule has 0 aromatic heterocycles. The molecule has 0 spiro atoms. The molecule has 0 amide bonds. The highest BCUT2D eigenvalue weighted by atomic mass is 35.7.